The summed E-state index contributed by atoms with van der Waals surface area (Å²) >= 11 is 0. The largest absolute Gasteiger partial charge is 0.356 e. The van der Waals surface area contributed by atoms with Crippen molar-refractivity contribution in [2.45, 2.75) is 51.0 Å². The van der Waals surface area contributed by atoms with Gasteiger partial charge in [0.15, 0.2) is 5.96 Å². The van der Waals surface area contributed by atoms with Crippen molar-refractivity contribution in [3.05, 3.63) is 0 Å². The van der Waals surface area contributed by atoms with Crippen LogP contribution in [0.4, 0.5) is 0 Å². The van der Waals surface area contributed by atoms with Gasteiger partial charge in [-0.3, -0.25) is 14.6 Å². The Morgan fingerprint density at radius 1 is 1.16 bits per heavy atom. The minimum Gasteiger partial charge on any atom is -0.356 e. The lowest BCUT2D eigenvalue weighted by Crippen LogP contribution is -2.46. The van der Waals surface area contributed by atoms with Crippen LogP contribution in [0.1, 0.15) is 44.9 Å². The van der Waals surface area contributed by atoms with Gasteiger partial charge in [-0.2, -0.15) is 0 Å². The van der Waals surface area contributed by atoms with Crippen LogP contribution in [0.25, 0.3) is 0 Å². The molecule has 2 N–H and O–H groups in total. The smallest absolute Gasteiger partial charge is 0.225 e. The van der Waals surface area contributed by atoms with E-state index >= 15 is 0 Å². The summed E-state index contributed by atoms with van der Waals surface area (Å²) in [6.07, 6.45) is 7.13. The highest BCUT2D eigenvalue weighted by Gasteiger charge is 2.31. The first-order chi connectivity index (χ1) is 12.0. The van der Waals surface area contributed by atoms with E-state index in [-0.39, 0.29) is 17.9 Å². The quantitative estimate of drug-likeness (QED) is 0.568. The fourth-order valence-electron chi connectivity index (χ4n) is 3.59. The molecule has 25 heavy (non-hydrogen) atoms. The third-order valence-corrected chi connectivity index (χ3v) is 5.15. The molecule has 2 rings (SSSR count). The Labute approximate surface area is 151 Å². The molecular weight excluding hydrogens is 318 g/mol. The van der Waals surface area contributed by atoms with E-state index in [0.29, 0.717) is 24.8 Å². The highest BCUT2D eigenvalue weighted by atomic mass is 16.2. The molecule has 7 nitrogen and oxygen atoms in total. The van der Waals surface area contributed by atoms with Crippen molar-refractivity contribution in [2.24, 2.45) is 10.9 Å². The predicted octanol–water partition coefficient (Wildman–Crippen LogP) is 0.811. The van der Waals surface area contributed by atoms with Crippen molar-refractivity contribution < 1.29 is 9.59 Å². The van der Waals surface area contributed by atoms with Gasteiger partial charge in [0.1, 0.15) is 0 Å². The van der Waals surface area contributed by atoms with Crippen molar-refractivity contribution in [3.63, 3.8) is 0 Å². The SMILES string of the molecule is CN=C(NCCC(=O)N(C)C)NC1CCN(C(=O)C2CCCCC2)C1. The summed E-state index contributed by atoms with van der Waals surface area (Å²) in [4.78, 5) is 32.0. The van der Waals surface area contributed by atoms with Crippen LogP contribution in [0.3, 0.4) is 0 Å². The van der Waals surface area contributed by atoms with E-state index < -0.39 is 0 Å². The van der Waals surface area contributed by atoms with E-state index in [1.807, 2.05) is 4.90 Å². The summed E-state index contributed by atoms with van der Waals surface area (Å²) < 4.78 is 0. The lowest BCUT2D eigenvalue weighted by molar-refractivity contribution is -0.135. The molecule has 1 heterocycles. The maximum absolute atomic E-state index is 12.6. The fraction of sp³-hybridized carbons (Fsp3) is 0.833. The minimum atomic E-state index is 0.0908. The molecule has 1 saturated carbocycles. The molecule has 2 amide bonds. The molecule has 2 fully saturated rings. The molecule has 0 spiro atoms. The third-order valence-electron chi connectivity index (χ3n) is 5.15. The van der Waals surface area contributed by atoms with Crippen LogP contribution in [0.15, 0.2) is 4.99 Å². The Bertz CT molecular complexity index is 486. The fourth-order valence-corrected chi connectivity index (χ4v) is 3.59. The molecular formula is C18H33N5O2. The molecule has 0 bridgehead atoms. The maximum Gasteiger partial charge on any atom is 0.225 e. The average molecular weight is 351 g/mol. The molecule has 0 aromatic rings. The zero-order chi connectivity index (χ0) is 18.2. The molecule has 142 valence electrons. The molecule has 1 aliphatic carbocycles. The summed E-state index contributed by atoms with van der Waals surface area (Å²) in [7, 11) is 5.24. The topological polar surface area (TPSA) is 77.0 Å². The molecule has 2 aliphatic rings. The third kappa shape index (κ3) is 5.90. The lowest BCUT2D eigenvalue weighted by atomic mass is 9.88. The number of nitrogens with one attached hydrogen (secondary N) is 2. The number of amides is 2. The normalized spacial score (nSPS) is 22.0. The van der Waals surface area contributed by atoms with Crippen LogP contribution < -0.4 is 10.6 Å². The van der Waals surface area contributed by atoms with Gasteiger partial charge < -0.3 is 20.4 Å². The first-order valence-corrected chi connectivity index (χ1v) is 9.47. The van der Waals surface area contributed by atoms with Crippen LogP contribution in [0.2, 0.25) is 0 Å². The first kappa shape index (κ1) is 19.5. The van der Waals surface area contributed by atoms with Gasteiger partial charge in [0.05, 0.1) is 0 Å². The maximum atomic E-state index is 12.6. The van der Waals surface area contributed by atoms with Crippen LogP contribution in [-0.2, 0) is 9.59 Å². The van der Waals surface area contributed by atoms with E-state index in [4.69, 9.17) is 0 Å². The van der Waals surface area contributed by atoms with E-state index in [1.165, 1.54) is 19.3 Å². The predicted molar refractivity (Wildman–Crippen MR) is 99.4 cm³/mol. The monoisotopic (exact) mass is 351 g/mol. The van der Waals surface area contributed by atoms with Crippen LogP contribution in [-0.4, -0.2) is 74.4 Å². The first-order valence-electron chi connectivity index (χ1n) is 9.47. The molecule has 1 saturated heterocycles. The van der Waals surface area contributed by atoms with Crippen molar-refractivity contribution in [1.29, 1.82) is 0 Å². The highest BCUT2D eigenvalue weighted by Crippen LogP contribution is 2.26. The number of rotatable bonds is 5. The summed E-state index contributed by atoms with van der Waals surface area (Å²) in [6, 6.07) is 0.225. The van der Waals surface area contributed by atoms with Gasteiger partial charge in [-0.15, -0.1) is 0 Å². The zero-order valence-electron chi connectivity index (χ0n) is 15.9. The van der Waals surface area contributed by atoms with E-state index in [2.05, 4.69) is 15.6 Å². The zero-order valence-corrected chi connectivity index (χ0v) is 15.9. The summed E-state index contributed by atoms with van der Waals surface area (Å²) in [5.41, 5.74) is 0. The second-order valence-corrected chi connectivity index (χ2v) is 7.29. The van der Waals surface area contributed by atoms with Crippen LogP contribution in [0.5, 0.6) is 0 Å². The Balaban J connectivity index is 1.73. The minimum absolute atomic E-state index is 0.0908. The molecule has 7 heteroatoms. The van der Waals surface area contributed by atoms with Crippen LogP contribution in [0, 0.1) is 5.92 Å². The second kappa shape index (κ2) is 9.63. The van der Waals surface area contributed by atoms with Gasteiger partial charge in [0.2, 0.25) is 11.8 Å². The molecule has 1 unspecified atom stereocenters. The lowest BCUT2D eigenvalue weighted by Gasteiger charge is -2.26. The summed E-state index contributed by atoms with van der Waals surface area (Å²) in [5, 5.41) is 6.55. The Morgan fingerprint density at radius 3 is 2.52 bits per heavy atom. The van der Waals surface area contributed by atoms with E-state index in [0.717, 1.165) is 32.4 Å². The summed E-state index contributed by atoms with van der Waals surface area (Å²) in [6.45, 7) is 2.11. The van der Waals surface area contributed by atoms with Gasteiger partial charge in [-0.1, -0.05) is 19.3 Å². The number of carbonyl (C=O) groups is 2. The standard InChI is InChI=1S/C18H33N5O2/c1-19-18(20-11-9-16(24)22(2)3)21-15-10-12-23(13-15)17(25)14-7-5-4-6-8-14/h14-15H,4-13H2,1-3H3,(H2,19,20,21). The van der Waals surface area contributed by atoms with Crippen molar-refractivity contribution in [3.8, 4) is 0 Å². The average Bonchev–Trinajstić information content (AvgIpc) is 3.09. The number of likely N-dealkylation sites (tertiary alicyclic amines) is 1. The molecule has 0 radical (unpaired) electrons. The molecule has 0 aromatic carbocycles. The van der Waals surface area contributed by atoms with Gasteiger partial charge in [-0.05, 0) is 19.3 Å². The number of nitrogens with zero attached hydrogens (tertiary/aromatic N) is 3. The van der Waals surface area contributed by atoms with Crippen molar-refractivity contribution in [2.75, 3.05) is 40.8 Å². The van der Waals surface area contributed by atoms with Gasteiger partial charge in [0.25, 0.3) is 0 Å². The number of hydrogen-bond donors (Lipinski definition) is 2. The summed E-state index contributed by atoms with van der Waals surface area (Å²) in [5.74, 6) is 1.36. The van der Waals surface area contributed by atoms with Gasteiger partial charge in [-0.25, -0.2) is 0 Å². The number of hydrogen-bond acceptors (Lipinski definition) is 3. The van der Waals surface area contributed by atoms with E-state index in [9.17, 15) is 9.59 Å². The molecule has 0 aromatic heterocycles. The number of carbonyl (C=O) groups excluding carboxylic acids is 2. The van der Waals surface area contributed by atoms with E-state index in [1.54, 1.807) is 26.0 Å². The van der Waals surface area contributed by atoms with Gasteiger partial charge >= 0.3 is 0 Å². The van der Waals surface area contributed by atoms with Crippen molar-refractivity contribution in [1.82, 2.24) is 20.4 Å². The number of aliphatic imine (C=N–C) groups is 1. The molecule has 1 atom stereocenters. The van der Waals surface area contributed by atoms with Crippen molar-refractivity contribution >= 4 is 17.8 Å². The Hall–Kier alpha value is -1.79. The second-order valence-electron chi connectivity index (χ2n) is 7.29. The van der Waals surface area contributed by atoms with Gasteiger partial charge in [0, 0.05) is 59.2 Å². The Morgan fingerprint density at radius 2 is 1.88 bits per heavy atom. The highest BCUT2D eigenvalue weighted by molar-refractivity contribution is 5.82. The number of guanidine groups is 1. The van der Waals surface area contributed by atoms with Crippen LogP contribution >= 0.6 is 0 Å². The Kier molecular flexibility index (Phi) is 7.52. The molecule has 1 aliphatic heterocycles.